The Bertz CT molecular complexity index is 899. The number of hydrogen-bond acceptors (Lipinski definition) is 3. The maximum absolute atomic E-state index is 5.29. The van der Waals surface area contributed by atoms with Crippen LogP contribution in [0.25, 0.3) is 10.8 Å². The quantitative estimate of drug-likeness (QED) is 0.297. The minimum Gasteiger partial charge on any atom is -0.497 e. The Kier molecular flexibility index (Phi) is 9.00. The van der Waals surface area contributed by atoms with Gasteiger partial charge < -0.3 is 15.4 Å². The van der Waals surface area contributed by atoms with Crippen molar-refractivity contribution in [3.63, 3.8) is 0 Å². The Morgan fingerprint density at radius 2 is 1.86 bits per heavy atom. The molecule has 0 fully saturated rings. The third kappa shape index (κ3) is 6.37. The number of halogens is 1. The van der Waals surface area contributed by atoms with Crippen LogP contribution in [0.15, 0.2) is 65.8 Å². The number of benzene rings is 2. The molecule has 0 atom stereocenters. The van der Waals surface area contributed by atoms with E-state index in [0.717, 1.165) is 36.9 Å². The minimum absolute atomic E-state index is 0. The number of methoxy groups -OCH3 is 1. The first-order chi connectivity index (χ1) is 13.3. The number of aliphatic imine (C=N–C) groups is 1. The zero-order chi connectivity index (χ0) is 18.9. The summed E-state index contributed by atoms with van der Waals surface area (Å²) < 4.78 is 5.29. The van der Waals surface area contributed by atoms with Crippen LogP contribution in [0, 0.1) is 0 Å². The SMILES string of the molecule is CCNC(=NCc1ccc2cc(OC)ccc2c1)NCCc1ccccn1.I. The number of nitrogens with zero attached hydrogens (tertiary/aromatic N) is 2. The minimum atomic E-state index is 0. The van der Waals surface area contributed by atoms with Gasteiger partial charge in [-0.3, -0.25) is 4.98 Å². The smallest absolute Gasteiger partial charge is 0.191 e. The fourth-order valence-electron chi connectivity index (χ4n) is 2.87. The van der Waals surface area contributed by atoms with Crippen LogP contribution in [0.3, 0.4) is 0 Å². The van der Waals surface area contributed by atoms with Gasteiger partial charge in [0.2, 0.25) is 0 Å². The molecule has 148 valence electrons. The summed E-state index contributed by atoms with van der Waals surface area (Å²) in [6, 6.07) is 18.5. The Hall–Kier alpha value is -2.35. The van der Waals surface area contributed by atoms with Crippen LogP contribution in [-0.2, 0) is 13.0 Å². The first-order valence-corrected chi connectivity index (χ1v) is 9.27. The monoisotopic (exact) mass is 490 g/mol. The molecule has 0 spiro atoms. The molecule has 28 heavy (non-hydrogen) atoms. The van der Waals surface area contributed by atoms with E-state index in [0.29, 0.717) is 6.54 Å². The molecule has 0 unspecified atom stereocenters. The van der Waals surface area contributed by atoms with E-state index < -0.39 is 0 Å². The summed E-state index contributed by atoms with van der Waals surface area (Å²) in [5.41, 5.74) is 2.25. The molecule has 0 amide bonds. The fraction of sp³-hybridized carbons (Fsp3) is 0.273. The van der Waals surface area contributed by atoms with Gasteiger partial charge in [-0.2, -0.15) is 0 Å². The van der Waals surface area contributed by atoms with Crippen molar-refractivity contribution in [2.75, 3.05) is 20.2 Å². The van der Waals surface area contributed by atoms with Gasteiger partial charge in [-0.15, -0.1) is 24.0 Å². The Labute approximate surface area is 183 Å². The molecule has 6 heteroatoms. The van der Waals surface area contributed by atoms with E-state index >= 15 is 0 Å². The molecule has 0 aliphatic rings. The molecule has 1 heterocycles. The maximum Gasteiger partial charge on any atom is 0.191 e. The van der Waals surface area contributed by atoms with E-state index in [-0.39, 0.29) is 24.0 Å². The summed E-state index contributed by atoms with van der Waals surface area (Å²) in [6.45, 7) is 4.31. The molecular weight excluding hydrogens is 463 g/mol. The average molecular weight is 490 g/mol. The molecule has 0 radical (unpaired) electrons. The Morgan fingerprint density at radius 1 is 1.04 bits per heavy atom. The highest BCUT2D eigenvalue weighted by Gasteiger charge is 2.01. The molecule has 5 nitrogen and oxygen atoms in total. The molecule has 0 aliphatic carbocycles. The van der Waals surface area contributed by atoms with Crippen molar-refractivity contribution < 1.29 is 4.74 Å². The van der Waals surface area contributed by atoms with Crippen molar-refractivity contribution in [1.29, 1.82) is 0 Å². The third-order valence-corrected chi connectivity index (χ3v) is 4.28. The van der Waals surface area contributed by atoms with Crippen LogP contribution in [0.4, 0.5) is 0 Å². The molecule has 2 N–H and O–H groups in total. The maximum atomic E-state index is 5.29. The van der Waals surface area contributed by atoms with Crippen molar-refractivity contribution in [2.45, 2.75) is 19.9 Å². The van der Waals surface area contributed by atoms with Crippen LogP contribution in [0.1, 0.15) is 18.2 Å². The van der Waals surface area contributed by atoms with Gasteiger partial charge in [0.1, 0.15) is 5.75 Å². The third-order valence-electron chi connectivity index (χ3n) is 4.28. The first-order valence-electron chi connectivity index (χ1n) is 9.27. The summed E-state index contributed by atoms with van der Waals surface area (Å²) in [4.78, 5) is 9.05. The number of guanidine groups is 1. The second-order valence-electron chi connectivity index (χ2n) is 6.24. The zero-order valence-corrected chi connectivity index (χ0v) is 18.6. The van der Waals surface area contributed by atoms with Crippen LogP contribution in [0.2, 0.25) is 0 Å². The normalized spacial score (nSPS) is 11.0. The van der Waals surface area contributed by atoms with Gasteiger partial charge in [-0.1, -0.05) is 24.3 Å². The van der Waals surface area contributed by atoms with E-state index in [1.54, 1.807) is 7.11 Å². The van der Waals surface area contributed by atoms with E-state index in [9.17, 15) is 0 Å². The summed E-state index contributed by atoms with van der Waals surface area (Å²) in [7, 11) is 1.69. The van der Waals surface area contributed by atoms with E-state index in [1.165, 1.54) is 16.3 Å². The Balaban J connectivity index is 0.00000280. The molecule has 3 rings (SSSR count). The molecule has 3 aromatic rings. The van der Waals surface area contributed by atoms with Crippen LogP contribution >= 0.6 is 24.0 Å². The van der Waals surface area contributed by atoms with Crippen molar-refractivity contribution >= 4 is 40.7 Å². The van der Waals surface area contributed by atoms with E-state index in [2.05, 4.69) is 46.8 Å². The second-order valence-corrected chi connectivity index (χ2v) is 6.24. The van der Waals surface area contributed by atoms with Crippen molar-refractivity contribution in [1.82, 2.24) is 15.6 Å². The Morgan fingerprint density at radius 3 is 2.61 bits per heavy atom. The number of nitrogens with one attached hydrogen (secondary N) is 2. The summed E-state index contributed by atoms with van der Waals surface area (Å²) in [5, 5.41) is 9.03. The van der Waals surface area contributed by atoms with Crippen molar-refractivity contribution in [3.8, 4) is 5.75 Å². The lowest BCUT2D eigenvalue weighted by molar-refractivity contribution is 0.415. The van der Waals surface area contributed by atoms with Crippen LogP contribution < -0.4 is 15.4 Å². The fourth-order valence-corrected chi connectivity index (χ4v) is 2.87. The highest BCUT2D eigenvalue weighted by Crippen LogP contribution is 2.22. The van der Waals surface area contributed by atoms with Gasteiger partial charge in [0.25, 0.3) is 0 Å². The van der Waals surface area contributed by atoms with Gasteiger partial charge in [-0.05, 0) is 53.6 Å². The number of hydrogen-bond donors (Lipinski definition) is 2. The number of ether oxygens (including phenoxy) is 1. The number of aromatic nitrogens is 1. The zero-order valence-electron chi connectivity index (χ0n) is 16.3. The topological polar surface area (TPSA) is 58.5 Å². The highest BCUT2D eigenvalue weighted by molar-refractivity contribution is 14.0. The molecule has 0 aliphatic heterocycles. The first kappa shape index (κ1) is 21.9. The van der Waals surface area contributed by atoms with Gasteiger partial charge in [-0.25, -0.2) is 4.99 Å². The largest absolute Gasteiger partial charge is 0.497 e. The number of fused-ring (bicyclic) bond motifs is 1. The lowest BCUT2D eigenvalue weighted by Gasteiger charge is -2.11. The van der Waals surface area contributed by atoms with Crippen LogP contribution in [-0.4, -0.2) is 31.1 Å². The van der Waals surface area contributed by atoms with E-state index in [4.69, 9.17) is 9.73 Å². The predicted octanol–water partition coefficient (Wildman–Crippen LogP) is 4.16. The molecular formula is C22H27IN4O. The number of pyridine rings is 1. The molecule has 0 saturated heterocycles. The number of rotatable bonds is 7. The van der Waals surface area contributed by atoms with Gasteiger partial charge in [0, 0.05) is 31.4 Å². The molecule has 2 aromatic carbocycles. The van der Waals surface area contributed by atoms with Crippen molar-refractivity contribution in [3.05, 3.63) is 72.1 Å². The molecule has 0 saturated carbocycles. The summed E-state index contributed by atoms with van der Waals surface area (Å²) in [6.07, 6.45) is 2.69. The lowest BCUT2D eigenvalue weighted by Crippen LogP contribution is -2.38. The van der Waals surface area contributed by atoms with Gasteiger partial charge in [0.05, 0.1) is 13.7 Å². The second kappa shape index (κ2) is 11.5. The van der Waals surface area contributed by atoms with Gasteiger partial charge in [0.15, 0.2) is 5.96 Å². The van der Waals surface area contributed by atoms with Gasteiger partial charge >= 0.3 is 0 Å². The summed E-state index contributed by atoms with van der Waals surface area (Å²) in [5.74, 6) is 1.70. The van der Waals surface area contributed by atoms with E-state index in [1.807, 2.05) is 36.5 Å². The standard InChI is InChI=1S/C22H26N4O.HI/c1-3-23-22(25-13-11-20-6-4-5-12-24-20)26-16-17-7-8-19-15-21(27-2)10-9-18(19)14-17;/h4-10,12,14-15H,3,11,13,16H2,1-2H3,(H2,23,25,26);1H. The predicted molar refractivity (Wildman–Crippen MR) is 127 cm³/mol. The molecule has 0 bridgehead atoms. The average Bonchev–Trinajstić information content (AvgIpc) is 2.72. The van der Waals surface area contributed by atoms with Crippen LogP contribution in [0.5, 0.6) is 5.75 Å². The summed E-state index contributed by atoms with van der Waals surface area (Å²) >= 11 is 0. The van der Waals surface area contributed by atoms with Crippen molar-refractivity contribution in [2.24, 2.45) is 4.99 Å². The lowest BCUT2D eigenvalue weighted by atomic mass is 10.1. The molecule has 1 aromatic heterocycles. The highest BCUT2D eigenvalue weighted by atomic mass is 127.